The van der Waals surface area contributed by atoms with Gasteiger partial charge in [0.15, 0.2) is 5.78 Å². The van der Waals surface area contributed by atoms with Gasteiger partial charge in [-0.1, -0.05) is 60.6 Å². The largest absolute Gasteiger partial charge is 0.372 e. The van der Waals surface area contributed by atoms with Crippen LogP contribution >= 0.6 is 0 Å². The van der Waals surface area contributed by atoms with E-state index in [0.29, 0.717) is 31.4 Å². The first kappa shape index (κ1) is 29.8. The minimum Gasteiger partial charge on any atom is -0.372 e. The summed E-state index contributed by atoms with van der Waals surface area (Å²) >= 11 is 0. The number of likely N-dealkylation sites (tertiary alicyclic amines) is 2. The molecule has 0 aromatic heterocycles. The minimum atomic E-state index is -0.756. The van der Waals surface area contributed by atoms with Crippen molar-refractivity contribution in [3.8, 4) is 0 Å². The summed E-state index contributed by atoms with van der Waals surface area (Å²) in [5, 5.41) is 2.94. The first-order valence-electron chi connectivity index (χ1n) is 13.8. The van der Waals surface area contributed by atoms with E-state index in [-0.39, 0.29) is 53.3 Å². The number of nitrogens with one attached hydrogen (secondary N) is 1. The summed E-state index contributed by atoms with van der Waals surface area (Å²) in [7, 11) is 1.51. The second-order valence-corrected chi connectivity index (χ2v) is 12.6. The van der Waals surface area contributed by atoms with Crippen molar-refractivity contribution in [1.82, 2.24) is 15.1 Å². The van der Waals surface area contributed by atoms with Crippen LogP contribution in [0.1, 0.15) is 83.7 Å². The maximum Gasteiger partial charge on any atom is 0.252 e. The van der Waals surface area contributed by atoms with Gasteiger partial charge in [-0.25, -0.2) is 0 Å². The lowest BCUT2D eigenvalue weighted by Crippen LogP contribution is -2.53. The van der Waals surface area contributed by atoms with E-state index < -0.39 is 18.2 Å². The topological polar surface area (TPSA) is 96.0 Å². The standard InChI is InChI=1S/C30H45N3O5/c1-18(2)15-22(31-27(35)20-9-11-21(12-10-20)30(5,6)7)28(36)32-14-13-23-26(32)24(34)17-33(23)29(37)25(38-8)16-19(3)4/h9-12,18-19,22-23,25-26H,13-17H2,1-8H3,(H,31,35). The van der Waals surface area contributed by atoms with Crippen LogP contribution in [0.2, 0.25) is 0 Å². The second-order valence-electron chi connectivity index (χ2n) is 12.6. The molecule has 2 aliphatic heterocycles. The Kier molecular flexibility index (Phi) is 9.39. The Morgan fingerprint density at radius 3 is 2.11 bits per heavy atom. The van der Waals surface area contributed by atoms with Crippen molar-refractivity contribution in [1.29, 1.82) is 0 Å². The molecule has 0 saturated carbocycles. The summed E-state index contributed by atoms with van der Waals surface area (Å²) in [5.74, 6) is -0.486. The Balaban J connectivity index is 1.76. The molecule has 0 radical (unpaired) electrons. The molecular weight excluding hydrogens is 482 g/mol. The van der Waals surface area contributed by atoms with E-state index in [4.69, 9.17) is 4.74 Å². The lowest BCUT2D eigenvalue weighted by Gasteiger charge is -2.30. The fraction of sp³-hybridized carbons (Fsp3) is 0.667. The summed E-state index contributed by atoms with van der Waals surface area (Å²) in [6.45, 7) is 14.7. The molecule has 1 N–H and O–H groups in total. The molecule has 0 bridgehead atoms. The van der Waals surface area contributed by atoms with Crippen LogP contribution in [0, 0.1) is 11.8 Å². The summed E-state index contributed by atoms with van der Waals surface area (Å²) in [5.41, 5.74) is 1.58. The average molecular weight is 528 g/mol. The Morgan fingerprint density at radius 1 is 0.974 bits per heavy atom. The number of amides is 3. The van der Waals surface area contributed by atoms with Crippen molar-refractivity contribution in [2.24, 2.45) is 11.8 Å². The molecule has 3 amide bonds. The van der Waals surface area contributed by atoms with Gasteiger partial charge >= 0.3 is 0 Å². The summed E-state index contributed by atoms with van der Waals surface area (Å²) in [4.78, 5) is 56.4. The average Bonchev–Trinajstić information content (AvgIpc) is 3.41. The van der Waals surface area contributed by atoms with Crippen LogP contribution in [-0.2, 0) is 24.5 Å². The predicted molar refractivity (Wildman–Crippen MR) is 147 cm³/mol. The highest BCUT2D eigenvalue weighted by molar-refractivity contribution is 6.01. The lowest BCUT2D eigenvalue weighted by molar-refractivity contribution is -0.144. The highest BCUT2D eigenvalue weighted by Crippen LogP contribution is 2.32. The molecule has 4 unspecified atom stereocenters. The van der Waals surface area contributed by atoms with Crippen LogP contribution in [0.4, 0.5) is 0 Å². The fourth-order valence-electron chi connectivity index (χ4n) is 5.53. The number of ketones is 1. The monoisotopic (exact) mass is 527 g/mol. The van der Waals surface area contributed by atoms with Crippen molar-refractivity contribution in [2.45, 2.75) is 97.4 Å². The molecule has 2 saturated heterocycles. The molecule has 8 nitrogen and oxygen atoms in total. The molecule has 0 spiro atoms. The number of carbonyl (C=O) groups is 4. The number of ether oxygens (including phenoxy) is 1. The zero-order valence-electron chi connectivity index (χ0n) is 24.2. The first-order valence-corrected chi connectivity index (χ1v) is 13.8. The van der Waals surface area contributed by atoms with Gasteiger partial charge < -0.3 is 19.9 Å². The molecule has 210 valence electrons. The molecule has 38 heavy (non-hydrogen) atoms. The summed E-state index contributed by atoms with van der Waals surface area (Å²) < 4.78 is 5.46. The van der Waals surface area contributed by atoms with Crippen molar-refractivity contribution < 1.29 is 23.9 Å². The molecule has 8 heteroatoms. The van der Waals surface area contributed by atoms with Gasteiger partial charge in [0.1, 0.15) is 18.2 Å². The van der Waals surface area contributed by atoms with E-state index in [1.807, 2.05) is 39.8 Å². The van der Waals surface area contributed by atoms with E-state index in [1.54, 1.807) is 21.9 Å². The summed E-state index contributed by atoms with van der Waals surface area (Å²) in [6.07, 6.45) is 0.946. The zero-order chi connectivity index (χ0) is 28.4. The van der Waals surface area contributed by atoms with Gasteiger partial charge in [-0.15, -0.1) is 0 Å². The van der Waals surface area contributed by atoms with Crippen molar-refractivity contribution in [3.63, 3.8) is 0 Å². The predicted octanol–water partition coefficient (Wildman–Crippen LogP) is 3.57. The third-order valence-corrected chi connectivity index (χ3v) is 7.56. The number of Topliss-reactive ketones (excluding diaryl/α,β-unsaturated/α-hetero) is 1. The Labute approximate surface area is 227 Å². The highest BCUT2D eigenvalue weighted by atomic mass is 16.5. The highest BCUT2D eigenvalue weighted by Gasteiger charge is 2.53. The molecular formula is C30H45N3O5. The Bertz CT molecular complexity index is 1030. The number of hydrogen-bond acceptors (Lipinski definition) is 5. The van der Waals surface area contributed by atoms with Gasteiger partial charge in [0, 0.05) is 19.2 Å². The third kappa shape index (κ3) is 6.63. The molecule has 2 heterocycles. The SMILES string of the molecule is COC(CC(C)C)C(=O)N1CC(=O)C2C1CCN2C(=O)C(CC(C)C)NC(=O)c1ccc(C(C)(C)C)cc1. The third-order valence-electron chi connectivity index (χ3n) is 7.56. The van der Waals surface area contributed by atoms with Crippen LogP contribution in [0.3, 0.4) is 0 Å². The van der Waals surface area contributed by atoms with Crippen LogP contribution in [0.5, 0.6) is 0 Å². The van der Waals surface area contributed by atoms with Gasteiger partial charge in [-0.2, -0.15) is 0 Å². The summed E-state index contributed by atoms with van der Waals surface area (Å²) in [6, 6.07) is 5.65. The van der Waals surface area contributed by atoms with Crippen LogP contribution < -0.4 is 5.32 Å². The number of nitrogens with zero attached hydrogens (tertiary/aromatic N) is 2. The number of rotatable bonds is 9. The van der Waals surface area contributed by atoms with Gasteiger partial charge in [-0.3, -0.25) is 19.2 Å². The molecule has 2 fully saturated rings. The minimum absolute atomic E-state index is 0.0166. The Morgan fingerprint density at radius 2 is 1.58 bits per heavy atom. The van der Waals surface area contributed by atoms with E-state index in [0.717, 1.165) is 5.56 Å². The van der Waals surface area contributed by atoms with Crippen LogP contribution in [0.15, 0.2) is 24.3 Å². The number of hydrogen-bond donors (Lipinski definition) is 1. The molecule has 0 aliphatic carbocycles. The second kappa shape index (κ2) is 12.0. The number of benzene rings is 1. The molecule has 2 aliphatic rings. The molecule has 1 aromatic carbocycles. The normalized spacial score (nSPS) is 21.2. The van der Waals surface area contributed by atoms with E-state index in [1.165, 1.54) is 7.11 Å². The quantitative estimate of drug-likeness (QED) is 0.530. The van der Waals surface area contributed by atoms with Crippen LogP contribution in [-0.4, -0.2) is 77.7 Å². The van der Waals surface area contributed by atoms with Crippen molar-refractivity contribution >= 4 is 23.5 Å². The van der Waals surface area contributed by atoms with E-state index >= 15 is 0 Å². The van der Waals surface area contributed by atoms with E-state index in [2.05, 4.69) is 26.1 Å². The fourth-order valence-corrected chi connectivity index (χ4v) is 5.53. The lowest BCUT2D eigenvalue weighted by atomic mass is 9.86. The van der Waals surface area contributed by atoms with Gasteiger partial charge in [-0.05, 0) is 54.2 Å². The molecule has 4 atom stereocenters. The number of carbonyl (C=O) groups excluding carboxylic acids is 4. The van der Waals surface area contributed by atoms with Crippen molar-refractivity contribution in [3.05, 3.63) is 35.4 Å². The smallest absolute Gasteiger partial charge is 0.252 e. The van der Waals surface area contributed by atoms with Gasteiger partial charge in [0.05, 0.1) is 12.6 Å². The Hall–Kier alpha value is -2.74. The van der Waals surface area contributed by atoms with E-state index in [9.17, 15) is 19.2 Å². The maximum atomic E-state index is 13.8. The number of methoxy groups -OCH3 is 1. The van der Waals surface area contributed by atoms with Crippen molar-refractivity contribution in [2.75, 3.05) is 20.2 Å². The van der Waals surface area contributed by atoms with Gasteiger partial charge in [0.25, 0.3) is 11.8 Å². The molecule has 3 rings (SSSR count). The van der Waals surface area contributed by atoms with Gasteiger partial charge in [0.2, 0.25) is 5.91 Å². The zero-order valence-corrected chi connectivity index (χ0v) is 24.2. The van der Waals surface area contributed by atoms with Crippen LogP contribution in [0.25, 0.3) is 0 Å². The first-order chi connectivity index (χ1) is 17.7. The molecule has 1 aromatic rings. The number of fused-ring (bicyclic) bond motifs is 1. The maximum absolute atomic E-state index is 13.8.